The minimum Gasteiger partial charge on any atom is -0.439 e. The lowest BCUT2D eigenvalue weighted by Crippen LogP contribution is -2.32. The van der Waals surface area contributed by atoms with E-state index in [9.17, 15) is 48.7 Å². The number of carbonyl (C=O) groups is 1. The van der Waals surface area contributed by atoms with Crippen LogP contribution in [0.3, 0.4) is 0 Å². The summed E-state index contributed by atoms with van der Waals surface area (Å²) in [6.45, 7) is 0.450. The molecule has 1 fully saturated rings. The highest BCUT2D eigenvalue weighted by Crippen LogP contribution is 2.41. The van der Waals surface area contributed by atoms with Crippen molar-refractivity contribution in [2.45, 2.75) is 44.1 Å². The van der Waals surface area contributed by atoms with Gasteiger partial charge in [-0.25, -0.2) is 9.18 Å². The van der Waals surface area contributed by atoms with Crippen LogP contribution in [0.5, 0.6) is 0 Å². The first-order chi connectivity index (χ1) is 15.0. The molecule has 0 aliphatic carbocycles. The van der Waals surface area contributed by atoms with Crippen molar-refractivity contribution >= 4 is 6.09 Å². The van der Waals surface area contributed by atoms with Gasteiger partial charge in [-0.05, 0) is 48.9 Å². The number of alkyl halides is 9. The Morgan fingerprint density at radius 2 is 1.33 bits per heavy atom. The molecule has 0 aromatic heterocycles. The Bertz CT molecular complexity index is 1030. The third-order valence-electron chi connectivity index (χ3n) is 5.04. The molecule has 0 saturated carbocycles. The van der Waals surface area contributed by atoms with Gasteiger partial charge in [-0.15, -0.1) is 0 Å². The molecule has 1 aliphatic rings. The second kappa shape index (κ2) is 8.10. The van der Waals surface area contributed by atoms with Crippen LogP contribution >= 0.6 is 0 Å². The zero-order chi connectivity index (χ0) is 24.9. The molecule has 13 heteroatoms. The van der Waals surface area contributed by atoms with Crippen molar-refractivity contribution in [2.24, 2.45) is 0 Å². The number of halogens is 10. The number of cyclic esters (lactones) is 1. The summed E-state index contributed by atoms with van der Waals surface area (Å²) in [4.78, 5) is 13.0. The molecular weight excluding hydrogens is 476 g/mol. The molecule has 1 saturated heterocycles. The maximum atomic E-state index is 14.1. The molecule has 2 atom stereocenters. The third kappa shape index (κ3) is 5.17. The Morgan fingerprint density at radius 1 is 0.818 bits per heavy atom. The maximum Gasteiger partial charge on any atom is 0.416 e. The Kier molecular flexibility index (Phi) is 6.05. The lowest BCUT2D eigenvalue weighted by molar-refractivity contribution is -0.143. The highest BCUT2D eigenvalue weighted by Gasteiger charge is 2.43. The van der Waals surface area contributed by atoms with E-state index in [-0.39, 0.29) is 6.07 Å². The Morgan fingerprint density at radius 3 is 1.82 bits per heavy atom. The van der Waals surface area contributed by atoms with Crippen molar-refractivity contribution in [3.8, 4) is 0 Å². The largest absolute Gasteiger partial charge is 0.439 e. The van der Waals surface area contributed by atoms with Crippen LogP contribution < -0.4 is 0 Å². The number of benzene rings is 2. The Labute approximate surface area is 179 Å². The summed E-state index contributed by atoms with van der Waals surface area (Å²) >= 11 is 0. The van der Waals surface area contributed by atoms with E-state index in [0.29, 0.717) is 30.3 Å². The summed E-state index contributed by atoms with van der Waals surface area (Å²) in [6, 6.07) is 0.917. The SMILES string of the molecule is C[C@H]1[C@@H](c2cc(C(F)(F)F)cc(C(F)(F)F)c2)OC(=O)N1Cc1cc(C(F)(F)F)ccc1F. The van der Waals surface area contributed by atoms with Crippen molar-refractivity contribution in [1.29, 1.82) is 0 Å². The van der Waals surface area contributed by atoms with Crippen molar-refractivity contribution < 1.29 is 53.4 Å². The molecule has 2 aromatic carbocycles. The molecule has 3 nitrogen and oxygen atoms in total. The standard InChI is InChI=1S/C20H13F10NO2/c1-9-16(10-4-13(19(25,26)27)7-14(5-10)20(28,29)30)33-17(32)31(9)8-11-6-12(18(22,23)24)2-3-15(11)21/h2-7,9,16H,8H2,1H3/t9-,16-/m0/s1. The number of hydrogen-bond acceptors (Lipinski definition) is 2. The van der Waals surface area contributed by atoms with Crippen LogP contribution in [0.4, 0.5) is 48.7 Å². The van der Waals surface area contributed by atoms with Crippen LogP contribution in [0, 0.1) is 5.82 Å². The van der Waals surface area contributed by atoms with Gasteiger partial charge in [-0.3, -0.25) is 4.90 Å². The van der Waals surface area contributed by atoms with Gasteiger partial charge in [0.25, 0.3) is 0 Å². The highest BCUT2D eigenvalue weighted by atomic mass is 19.4. The van der Waals surface area contributed by atoms with E-state index in [2.05, 4.69) is 0 Å². The van der Waals surface area contributed by atoms with Gasteiger partial charge >= 0.3 is 24.6 Å². The molecule has 0 N–H and O–H groups in total. The molecule has 33 heavy (non-hydrogen) atoms. The van der Waals surface area contributed by atoms with Crippen molar-refractivity contribution in [3.63, 3.8) is 0 Å². The normalized spacial score (nSPS) is 19.7. The number of rotatable bonds is 3. The second-order valence-corrected chi connectivity index (χ2v) is 7.32. The fourth-order valence-corrected chi connectivity index (χ4v) is 3.36. The Hall–Kier alpha value is -2.99. The van der Waals surface area contributed by atoms with E-state index in [1.54, 1.807) is 0 Å². The van der Waals surface area contributed by atoms with Gasteiger partial charge in [0.1, 0.15) is 11.9 Å². The molecule has 2 aromatic rings. The van der Waals surface area contributed by atoms with Gasteiger partial charge < -0.3 is 4.74 Å². The summed E-state index contributed by atoms with van der Waals surface area (Å²) in [5.41, 5.74) is -5.64. The van der Waals surface area contributed by atoms with Gasteiger partial charge in [0.15, 0.2) is 0 Å². The maximum absolute atomic E-state index is 14.1. The van der Waals surface area contributed by atoms with Crippen molar-refractivity contribution in [1.82, 2.24) is 4.90 Å². The molecule has 0 unspecified atom stereocenters. The van der Waals surface area contributed by atoms with Crippen LogP contribution in [0.1, 0.15) is 40.8 Å². The van der Waals surface area contributed by atoms with Crippen LogP contribution in [0.2, 0.25) is 0 Å². The van der Waals surface area contributed by atoms with Crippen molar-refractivity contribution in [3.05, 3.63) is 70.0 Å². The first kappa shape index (κ1) is 24.6. The van der Waals surface area contributed by atoms with Crippen LogP contribution in [0.25, 0.3) is 0 Å². The number of amides is 1. The first-order valence-corrected chi connectivity index (χ1v) is 9.10. The molecule has 1 amide bonds. The van der Waals surface area contributed by atoms with E-state index in [1.165, 1.54) is 6.92 Å². The van der Waals surface area contributed by atoms with Gasteiger partial charge in [0, 0.05) is 5.56 Å². The molecule has 0 spiro atoms. The quantitative estimate of drug-likeness (QED) is 0.436. The van der Waals surface area contributed by atoms with E-state index in [4.69, 9.17) is 4.74 Å². The van der Waals surface area contributed by atoms with E-state index in [0.717, 1.165) is 4.90 Å². The molecule has 0 bridgehead atoms. The lowest BCUT2D eigenvalue weighted by atomic mass is 9.97. The van der Waals surface area contributed by atoms with Crippen LogP contribution in [-0.2, 0) is 29.8 Å². The molecule has 1 heterocycles. The molecule has 1 aliphatic heterocycles. The third-order valence-corrected chi connectivity index (χ3v) is 5.04. The van der Waals surface area contributed by atoms with E-state index >= 15 is 0 Å². The van der Waals surface area contributed by atoms with Crippen molar-refractivity contribution in [2.75, 3.05) is 0 Å². The molecule has 180 valence electrons. The smallest absolute Gasteiger partial charge is 0.416 e. The molecule has 0 radical (unpaired) electrons. The fourth-order valence-electron chi connectivity index (χ4n) is 3.36. The van der Waals surface area contributed by atoms with Gasteiger partial charge in [0.2, 0.25) is 0 Å². The van der Waals surface area contributed by atoms with Gasteiger partial charge in [0.05, 0.1) is 29.3 Å². The zero-order valence-electron chi connectivity index (χ0n) is 16.4. The number of ether oxygens (including phenoxy) is 1. The van der Waals surface area contributed by atoms with Gasteiger partial charge in [-0.2, -0.15) is 39.5 Å². The van der Waals surface area contributed by atoms with E-state index in [1.807, 2.05) is 0 Å². The Balaban J connectivity index is 1.96. The highest BCUT2D eigenvalue weighted by molar-refractivity contribution is 5.71. The fraction of sp³-hybridized carbons (Fsp3) is 0.350. The minimum atomic E-state index is -5.14. The van der Waals surface area contributed by atoms with Gasteiger partial charge in [-0.1, -0.05) is 0 Å². The summed E-state index contributed by atoms with van der Waals surface area (Å²) in [5.74, 6) is -1.09. The average Bonchev–Trinajstić information content (AvgIpc) is 2.95. The molecule has 3 rings (SSSR count). The van der Waals surface area contributed by atoms with E-state index < -0.39 is 76.9 Å². The summed E-state index contributed by atoms with van der Waals surface area (Å²) in [7, 11) is 0. The summed E-state index contributed by atoms with van der Waals surface area (Å²) in [5, 5.41) is 0. The predicted molar refractivity (Wildman–Crippen MR) is 92.1 cm³/mol. The van der Waals surface area contributed by atoms with Crippen LogP contribution in [-0.4, -0.2) is 17.0 Å². The average molecular weight is 489 g/mol. The molecular formula is C20H13F10NO2. The number of nitrogens with zero attached hydrogens (tertiary/aromatic N) is 1. The second-order valence-electron chi connectivity index (χ2n) is 7.32. The summed E-state index contributed by atoms with van der Waals surface area (Å²) in [6.07, 6.45) is -17.9. The van der Waals surface area contributed by atoms with Crippen LogP contribution in [0.15, 0.2) is 36.4 Å². The zero-order valence-corrected chi connectivity index (χ0v) is 16.4. The topological polar surface area (TPSA) is 29.5 Å². The number of carbonyl (C=O) groups excluding carboxylic acids is 1. The monoisotopic (exact) mass is 489 g/mol. The summed E-state index contributed by atoms with van der Waals surface area (Å²) < 4.78 is 136. The number of hydrogen-bond donors (Lipinski definition) is 0. The predicted octanol–water partition coefficient (Wildman–Crippen LogP) is 6.96. The first-order valence-electron chi connectivity index (χ1n) is 9.10. The lowest BCUT2D eigenvalue weighted by Gasteiger charge is -2.23. The minimum absolute atomic E-state index is 0.0965.